The Morgan fingerprint density at radius 2 is 1.76 bits per heavy atom. The average Bonchev–Trinajstić information content (AvgIpc) is 2.93. The van der Waals surface area contributed by atoms with Crippen LogP contribution < -0.4 is 0 Å². The first-order chi connectivity index (χ1) is 9.58. The Balaban J connectivity index is 2.49. The summed E-state index contributed by atoms with van der Waals surface area (Å²) in [5.74, 6) is 0. The maximum atomic E-state index is 3.94. The van der Waals surface area contributed by atoms with Gasteiger partial charge in [-0.2, -0.15) is 0 Å². The molecule has 0 aromatic rings. The third-order valence-corrected chi connectivity index (χ3v) is 6.16. The Bertz CT molecular complexity index is 519. The smallest absolute Gasteiger partial charge is 0.0589 e. The summed E-state index contributed by atoms with van der Waals surface area (Å²) in [6.45, 7) is 17.9. The van der Waals surface area contributed by atoms with Gasteiger partial charge in [0.05, 0.1) is 5.54 Å². The van der Waals surface area contributed by atoms with Crippen LogP contribution >= 0.6 is 0 Å². The molecule has 1 aliphatic heterocycles. The van der Waals surface area contributed by atoms with Crippen LogP contribution in [0.2, 0.25) is 0 Å². The highest BCUT2D eigenvalue weighted by atomic mass is 15.4. The summed E-state index contributed by atoms with van der Waals surface area (Å²) in [6.07, 6.45) is 12.5. The fourth-order valence-corrected chi connectivity index (χ4v) is 3.27. The third kappa shape index (κ3) is 2.46. The maximum absolute atomic E-state index is 3.94. The monoisotopic (exact) mass is 285 g/mol. The van der Waals surface area contributed by atoms with Gasteiger partial charge in [-0.05, 0) is 43.9 Å². The zero-order chi connectivity index (χ0) is 16.1. The second-order valence-electron chi connectivity index (χ2n) is 8.07. The Labute approximate surface area is 131 Å². The van der Waals surface area contributed by atoms with Gasteiger partial charge in [-0.25, -0.2) is 0 Å². The second kappa shape index (κ2) is 4.98. The number of nitrogens with zero attached hydrogens (tertiary/aromatic N) is 1. The van der Waals surface area contributed by atoms with Gasteiger partial charge < -0.3 is 0 Å². The minimum absolute atomic E-state index is 0.0776. The van der Waals surface area contributed by atoms with Gasteiger partial charge >= 0.3 is 0 Å². The van der Waals surface area contributed by atoms with Gasteiger partial charge in [0.2, 0.25) is 0 Å². The Morgan fingerprint density at radius 1 is 1.24 bits per heavy atom. The first-order valence-corrected chi connectivity index (χ1v) is 8.04. The topological polar surface area (TPSA) is 3.01 Å². The van der Waals surface area contributed by atoms with Gasteiger partial charge in [-0.3, -0.25) is 4.90 Å². The number of hydrogen-bond donors (Lipinski definition) is 0. The van der Waals surface area contributed by atoms with E-state index in [0.717, 1.165) is 6.42 Å². The fourth-order valence-electron chi connectivity index (χ4n) is 3.27. The molecule has 1 fully saturated rings. The van der Waals surface area contributed by atoms with Crippen molar-refractivity contribution in [3.63, 3.8) is 0 Å². The van der Waals surface area contributed by atoms with Gasteiger partial charge in [-0.1, -0.05) is 58.1 Å². The van der Waals surface area contributed by atoms with Crippen LogP contribution in [-0.4, -0.2) is 23.5 Å². The van der Waals surface area contributed by atoms with Crippen molar-refractivity contribution < 1.29 is 0 Å². The van der Waals surface area contributed by atoms with Crippen LogP contribution in [0.15, 0.2) is 48.1 Å². The minimum atomic E-state index is 0.0776. The lowest BCUT2D eigenvalue weighted by atomic mass is 9.67. The van der Waals surface area contributed by atoms with E-state index in [1.165, 1.54) is 11.1 Å². The van der Waals surface area contributed by atoms with E-state index in [1.807, 2.05) is 6.08 Å². The van der Waals surface area contributed by atoms with E-state index in [4.69, 9.17) is 0 Å². The molecular formula is C20H31N. The standard InChI is InChI=1S/C20H31N/c1-9-10-16-11-13-19(6,18(3,4)5)14-12-17(16)20(7)15(2)21(20)8/h9,11-15H,1,10H2,2-8H3. The molecule has 1 heterocycles. The molecule has 1 heteroatoms. The molecule has 0 N–H and O–H groups in total. The molecule has 1 nitrogen and oxygen atoms in total. The number of allylic oxidation sites excluding steroid dienone is 5. The first kappa shape index (κ1) is 16.3. The summed E-state index contributed by atoms with van der Waals surface area (Å²) in [5.41, 5.74) is 3.32. The third-order valence-electron chi connectivity index (χ3n) is 6.16. The molecule has 1 aliphatic carbocycles. The normalized spacial score (nSPS) is 39.4. The summed E-state index contributed by atoms with van der Waals surface area (Å²) in [4.78, 5) is 2.45. The van der Waals surface area contributed by atoms with Crippen molar-refractivity contribution in [1.29, 1.82) is 0 Å². The lowest BCUT2D eigenvalue weighted by Gasteiger charge is -2.37. The van der Waals surface area contributed by atoms with Crippen LogP contribution in [0.25, 0.3) is 0 Å². The SMILES string of the molecule is C=CCC1=C(C2(C)C(C)N2C)C=CC(C)(C(C)(C)C)C=C1. The van der Waals surface area contributed by atoms with Gasteiger partial charge in [-0.15, -0.1) is 6.58 Å². The highest BCUT2D eigenvalue weighted by Gasteiger charge is 2.56. The van der Waals surface area contributed by atoms with Crippen molar-refractivity contribution in [2.75, 3.05) is 7.05 Å². The minimum Gasteiger partial charge on any atom is -0.291 e. The molecule has 0 amide bonds. The van der Waals surface area contributed by atoms with Crippen molar-refractivity contribution in [3.8, 4) is 0 Å². The van der Waals surface area contributed by atoms with Crippen LogP contribution in [0.3, 0.4) is 0 Å². The zero-order valence-corrected chi connectivity index (χ0v) is 14.8. The van der Waals surface area contributed by atoms with Crippen molar-refractivity contribution in [3.05, 3.63) is 48.1 Å². The predicted molar refractivity (Wildman–Crippen MR) is 93.3 cm³/mol. The maximum Gasteiger partial charge on any atom is 0.0589 e. The molecule has 0 aromatic carbocycles. The van der Waals surface area contributed by atoms with Crippen molar-refractivity contribution in [1.82, 2.24) is 4.90 Å². The molecular weight excluding hydrogens is 254 g/mol. The van der Waals surface area contributed by atoms with Crippen molar-refractivity contribution >= 4 is 0 Å². The van der Waals surface area contributed by atoms with Crippen molar-refractivity contribution in [2.24, 2.45) is 10.8 Å². The molecule has 116 valence electrons. The number of likely N-dealkylation sites (N-methyl/N-ethyl adjacent to an activating group) is 1. The molecule has 4 unspecified atom stereocenters. The van der Waals surface area contributed by atoms with Crippen LogP contribution in [0.4, 0.5) is 0 Å². The molecule has 2 rings (SSSR count). The zero-order valence-electron chi connectivity index (χ0n) is 14.8. The summed E-state index contributed by atoms with van der Waals surface area (Å²) >= 11 is 0. The predicted octanol–water partition coefficient (Wildman–Crippen LogP) is 5.13. The summed E-state index contributed by atoms with van der Waals surface area (Å²) in [6, 6.07) is 0.601. The molecule has 0 radical (unpaired) electrons. The number of hydrogen-bond acceptors (Lipinski definition) is 1. The van der Waals surface area contributed by atoms with E-state index < -0.39 is 0 Å². The molecule has 0 bridgehead atoms. The van der Waals surface area contributed by atoms with Crippen LogP contribution in [0.1, 0.15) is 48.0 Å². The van der Waals surface area contributed by atoms with Crippen molar-refractivity contribution in [2.45, 2.75) is 59.5 Å². The first-order valence-electron chi connectivity index (χ1n) is 8.04. The van der Waals surface area contributed by atoms with Crippen LogP contribution in [-0.2, 0) is 0 Å². The second-order valence-corrected chi connectivity index (χ2v) is 8.07. The fraction of sp³-hybridized carbons (Fsp3) is 0.600. The molecule has 0 saturated carbocycles. The van der Waals surface area contributed by atoms with E-state index in [0.29, 0.717) is 6.04 Å². The summed E-state index contributed by atoms with van der Waals surface area (Å²) < 4.78 is 0. The molecule has 1 saturated heterocycles. The number of rotatable bonds is 3. The highest BCUT2D eigenvalue weighted by molar-refractivity contribution is 5.50. The Kier molecular flexibility index (Phi) is 3.87. The Morgan fingerprint density at radius 3 is 2.19 bits per heavy atom. The molecule has 4 atom stereocenters. The quantitative estimate of drug-likeness (QED) is 0.513. The Hall–Kier alpha value is -1.08. The van der Waals surface area contributed by atoms with E-state index in [9.17, 15) is 0 Å². The van der Waals surface area contributed by atoms with Gasteiger partial charge in [0.25, 0.3) is 0 Å². The summed E-state index contributed by atoms with van der Waals surface area (Å²) in [5, 5.41) is 0. The lowest BCUT2D eigenvalue weighted by Crippen LogP contribution is -2.28. The summed E-state index contributed by atoms with van der Waals surface area (Å²) in [7, 11) is 2.22. The molecule has 0 aromatic heterocycles. The average molecular weight is 285 g/mol. The van der Waals surface area contributed by atoms with Gasteiger partial charge in [0.1, 0.15) is 0 Å². The largest absolute Gasteiger partial charge is 0.291 e. The molecule has 0 spiro atoms. The van der Waals surface area contributed by atoms with Crippen LogP contribution in [0.5, 0.6) is 0 Å². The lowest BCUT2D eigenvalue weighted by molar-refractivity contribution is 0.228. The van der Waals surface area contributed by atoms with Gasteiger partial charge in [0.15, 0.2) is 0 Å². The molecule has 21 heavy (non-hydrogen) atoms. The van der Waals surface area contributed by atoms with Crippen LogP contribution in [0, 0.1) is 10.8 Å². The molecule has 2 aliphatic rings. The van der Waals surface area contributed by atoms with E-state index >= 15 is 0 Å². The van der Waals surface area contributed by atoms with E-state index in [1.54, 1.807) is 0 Å². The van der Waals surface area contributed by atoms with E-state index in [2.05, 4.69) is 84.4 Å². The van der Waals surface area contributed by atoms with E-state index in [-0.39, 0.29) is 16.4 Å². The van der Waals surface area contributed by atoms with Gasteiger partial charge in [0, 0.05) is 11.5 Å². The highest BCUT2D eigenvalue weighted by Crippen LogP contribution is 2.50.